The molecular weight excluding hydrogens is 272 g/mol. The van der Waals surface area contributed by atoms with Gasteiger partial charge in [0, 0.05) is 30.4 Å². The van der Waals surface area contributed by atoms with Gasteiger partial charge in [0.2, 0.25) is 5.78 Å². The van der Waals surface area contributed by atoms with Gasteiger partial charge in [-0.2, -0.15) is 0 Å². The molecule has 0 N–H and O–H groups in total. The highest BCUT2D eigenvalue weighted by Gasteiger charge is 2.09. The Labute approximate surface area is 130 Å². The molecule has 1 aliphatic heterocycles. The van der Waals surface area contributed by atoms with Gasteiger partial charge < -0.3 is 4.90 Å². The van der Waals surface area contributed by atoms with Crippen LogP contribution in [0, 0.1) is 0 Å². The number of fused-ring (bicyclic) bond motifs is 1. The van der Waals surface area contributed by atoms with Gasteiger partial charge in [-0.1, -0.05) is 31.2 Å². The molecule has 3 nitrogen and oxygen atoms in total. The summed E-state index contributed by atoms with van der Waals surface area (Å²) in [5, 5.41) is 1.89. The molecule has 0 radical (unpaired) electrons. The maximum atomic E-state index is 11.8. The fourth-order valence-electron chi connectivity index (χ4n) is 2.55. The lowest BCUT2D eigenvalue weighted by atomic mass is 10.1. The van der Waals surface area contributed by atoms with E-state index in [1.807, 2.05) is 25.3 Å². The van der Waals surface area contributed by atoms with Gasteiger partial charge in [-0.25, -0.2) is 0 Å². The predicted octanol–water partition coefficient (Wildman–Crippen LogP) is 2.07. The summed E-state index contributed by atoms with van der Waals surface area (Å²) in [5.74, 6) is -0.0365. The number of ketones is 1. The Bertz CT molecular complexity index is 854. The smallest absolute Gasteiger partial charge is 0.204 e. The number of nitrogens with zero attached hydrogens (tertiary/aromatic N) is 2. The minimum absolute atomic E-state index is 0.0365. The molecule has 0 saturated carbocycles. The summed E-state index contributed by atoms with van der Waals surface area (Å²) in [7, 11) is 2.04. The fourth-order valence-corrected chi connectivity index (χ4v) is 2.55. The third-order valence-electron chi connectivity index (χ3n) is 3.84. The van der Waals surface area contributed by atoms with Crippen LogP contribution in [-0.2, 0) is 0 Å². The van der Waals surface area contributed by atoms with Crippen LogP contribution in [0.5, 0.6) is 0 Å². The summed E-state index contributed by atoms with van der Waals surface area (Å²) < 4.78 is 0. The van der Waals surface area contributed by atoms with Crippen molar-refractivity contribution in [1.29, 1.82) is 0 Å². The highest BCUT2D eigenvalue weighted by atomic mass is 16.1. The van der Waals surface area contributed by atoms with E-state index in [1.165, 1.54) is 5.57 Å². The maximum absolute atomic E-state index is 11.8. The van der Waals surface area contributed by atoms with Gasteiger partial charge in [0.25, 0.3) is 0 Å². The first-order valence-corrected chi connectivity index (χ1v) is 7.40. The van der Waals surface area contributed by atoms with Crippen LogP contribution < -0.4 is 10.4 Å². The molecule has 3 heteroatoms. The highest BCUT2D eigenvalue weighted by molar-refractivity contribution is 6.05. The Morgan fingerprint density at radius 3 is 2.86 bits per heavy atom. The second kappa shape index (κ2) is 5.98. The maximum Gasteiger partial charge on any atom is 0.204 e. The van der Waals surface area contributed by atoms with E-state index in [0.29, 0.717) is 5.69 Å². The van der Waals surface area contributed by atoms with Crippen molar-refractivity contribution in [3.05, 3.63) is 76.2 Å². The van der Waals surface area contributed by atoms with Crippen molar-refractivity contribution < 1.29 is 4.79 Å². The molecule has 1 aliphatic carbocycles. The fraction of sp³-hybridized carbons (Fsp3) is 0.158. The third kappa shape index (κ3) is 2.70. The highest BCUT2D eigenvalue weighted by Crippen LogP contribution is 2.16. The van der Waals surface area contributed by atoms with Crippen LogP contribution >= 0.6 is 0 Å². The van der Waals surface area contributed by atoms with Crippen molar-refractivity contribution in [2.75, 3.05) is 7.05 Å². The summed E-state index contributed by atoms with van der Waals surface area (Å²) in [4.78, 5) is 18.1. The molecular formula is C19H18N2O. The SMILES string of the molecule is CCC1=CN(C)C(=CC=c2ccnc3c2=CC=CC3=O)C=C1. The van der Waals surface area contributed by atoms with Gasteiger partial charge in [0.15, 0.2) is 0 Å². The molecule has 0 unspecified atom stereocenters. The van der Waals surface area contributed by atoms with E-state index in [0.717, 1.165) is 22.6 Å². The topological polar surface area (TPSA) is 33.2 Å². The van der Waals surface area contributed by atoms with Crippen molar-refractivity contribution in [3.63, 3.8) is 0 Å². The molecule has 0 saturated heterocycles. The average molecular weight is 290 g/mol. The number of likely N-dealkylation sites (N-methyl/N-ethyl adjacent to an activating group) is 1. The van der Waals surface area contributed by atoms with Crippen LogP contribution in [0.2, 0.25) is 0 Å². The van der Waals surface area contributed by atoms with Crippen LogP contribution in [0.3, 0.4) is 0 Å². The van der Waals surface area contributed by atoms with Crippen molar-refractivity contribution in [2.45, 2.75) is 13.3 Å². The molecule has 2 aliphatic rings. The first kappa shape index (κ1) is 14.3. The summed E-state index contributed by atoms with van der Waals surface area (Å²) in [5.41, 5.74) is 2.95. The van der Waals surface area contributed by atoms with Crippen molar-refractivity contribution >= 4 is 17.9 Å². The summed E-state index contributed by atoms with van der Waals surface area (Å²) >= 11 is 0. The van der Waals surface area contributed by atoms with Crippen LogP contribution in [0.15, 0.2) is 60.1 Å². The molecule has 2 heterocycles. The van der Waals surface area contributed by atoms with Gasteiger partial charge in [0.1, 0.15) is 5.69 Å². The van der Waals surface area contributed by atoms with E-state index < -0.39 is 0 Å². The predicted molar refractivity (Wildman–Crippen MR) is 89.2 cm³/mol. The largest absolute Gasteiger partial charge is 0.351 e. The molecule has 110 valence electrons. The van der Waals surface area contributed by atoms with E-state index in [1.54, 1.807) is 18.3 Å². The normalized spacial score (nSPS) is 19.3. The lowest BCUT2D eigenvalue weighted by Crippen LogP contribution is -2.32. The molecule has 0 spiro atoms. The zero-order valence-corrected chi connectivity index (χ0v) is 12.8. The van der Waals surface area contributed by atoms with Crippen LogP contribution in [-0.4, -0.2) is 22.7 Å². The number of rotatable bonds is 2. The summed E-state index contributed by atoms with van der Waals surface area (Å²) in [6.07, 6.45) is 18.5. The Kier molecular flexibility index (Phi) is 3.88. The number of allylic oxidation sites excluding steroid dienone is 6. The summed E-state index contributed by atoms with van der Waals surface area (Å²) in [6, 6.07) is 1.93. The second-order valence-electron chi connectivity index (χ2n) is 5.31. The molecule has 1 aromatic rings. The zero-order chi connectivity index (χ0) is 15.5. The Balaban J connectivity index is 2.03. The van der Waals surface area contributed by atoms with Crippen molar-refractivity contribution in [2.24, 2.45) is 0 Å². The monoisotopic (exact) mass is 290 g/mol. The van der Waals surface area contributed by atoms with Crippen LogP contribution in [0.1, 0.15) is 23.8 Å². The van der Waals surface area contributed by atoms with Gasteiger partial charge in [0.05, 0.1) is 0 Å². The Morgan fingerprint density at radius 1 is 1.23 bits per heavy atom. The molecule has 22 heavy (non-hydrogen) atoms. The number of hydrogen-bond donors (Lipinski definition) is 0. The van der Waals surface area contributed by atoms with E-state index in [2.05, 4.69) is 41.2 Å². The van der Waals surface area contributed by atoms with E-state index in [4.69, 9.17) is 0 Å². The minimum atomic E-state index is -0.0365. The quantitative estimate of drug-likeness (QED) is 0.836. The lowest BCUT2D eigenvalue weighted by Gasteiger charge is -2.20. The van der Waals surface area contributed by atoms with E-state index in [9.17, 15) is 4.79 Å². The molecule has 0 aromatic carbocycles. The van der Waals surface area contributed by atoms with Crippen molar-refractivity contribution in [1.82, 2.24) is 9.88 Å². The molecule has 0 bridgehead atoms. The first-order valence-electron chi connectivity index (χ1n) is 7.40. The van der Waals surface area contributed by atoms with Crippen molar-refractivity contribution in [3.8, 4) is 0 Å². The molecule has 3 rings (SSSR count). The number of hydrogen-bond acceptors (Lipinski definition) is 3. The van der Waals surface area contributed by atoms with E-state index in [-0.39, 0.29) is 5.78 Å². The number of aromatic nitrogens is 1. The molecule has 1 aromatic heterocycles. The van der Waals surface area contributed by atoms with Gasteiger partial charge in [-0.05, 0) is 41.5 Å². The van der Waals surface area contributed by atoms with Gasteiger partial charge >= 0.3 is 0 Å². The summed E-state index contributed by atoms with van der Waals surface area (Å²) in [6.45, 7) is 2.15. The van der Waals surface area contributed by atoms with E-state index >= 15 is 0 Å². The Hall–Kier alpha value is -2.68. The van der Waals surface area contributed by atoms with Crippen LogP contribution in [0.4, 0.5) is 0 Å². The second-order valence-corrected chi connectivity index (χ2v) is 5.31. The molecule has 0 fully saturated rings. The molecule has 0 amide bonds. The number of pyridine rings is 1. The average Bonchev–Trinajstić information content (AvgIpc) is 2.54. The molecule has 0 atom stereocenters. The Morgan fingerprint density at radius 2 is 2.09 bits per heavy atom. The third-order valence-corrected chi connectivity index (χ3v) is 3.84. The standard InChI is InChI=1S/C19H18N2O/c1-3-14-7-9-16(21(2)13-14)10-8-15-11-12-20-19-17(15)5-4-6-18(19)22/h4-13H,3H2,1-2H3. The number of carbonyl (C=O) groups excluding carboxylic acids is 1. The minimum Gasteiger partial charge on any atom is -0.351 e. The van der Waals surface area contributed by atoms with Gasteiger partial charge in [-0.15, -0.1) is 0 Å². The lowest BCUT2D eigenvalue weighted by molar-refractivity contribution is 0.104. The number of carbonyl (C=O) groups is 1. The first-order chi connectivity index (χ1) is 10.7. The van der Waals surface area contributed by atoms with Gasteiger partial charge in [-0.3, -0.25) is 9.78 Å². The zero-order valence-electron chi connectivity index (χ0n) is 12.8. The van der Waals surface area contributed by atoms with Crippen LogP contribution in [0.25, 0.3) is 12.2 Å².